The summed E-state index contributed by atoms with van der Waals surface area (Å²) in [6.07, 6.45) is 0.436. The van der Waals surface area contributed by atoms with Crippen molar-refractivity contribution in [1.29, 1.82) is 0 Å². The van der Waals surface area contributed by atoms with Crippen LogP contribution in [0.25, 0.3) is 5.57 Å². The standard InChI is InChI=1S/C18H16ClNO2/c1-20-10-12-4-2-3-5-14(12)17-15-9-13(19)7-6-11(15)8-16(17)18(21)22/h2-7,9,20H,8,10H2,1H3,(H,21,22). The maximum absolute atomic E-state index is 11.7. The Morgan fingerprint density at radius 2 is 2.00 bits per heavy atom. The second-order valence-electron chi connectivity index (χ2n) is 5.32. The molecule has 0 bridgehead atoms. The number of carbonyl (C=O) groups is 1. The molecule has 0 aliphatic heterocycles. The zero-order valence-corrected chi connectivity index (χ0v) is 12.9. The summed E-state index contributed by atoms with van der Waals surface area (Å²) in [4.78, 5) is 11.7. The fourth-order valence-corrected chi connectivity index (χ4v) is 3.15. The van der Waals surface area contributed by atoms with Crippen LogP contribution >= 0.6 is 11.6 Å². The van der Waals surface area contributed by atoms with Gasteiger partial charge >= 0.3 is 5.97 Å². The van der Waals surface area contributed by atoms with Gasteiger partial charge in [0.1, 0.15) is 0 Å². The minimum absolute atomic E-state index is 0.431. The topological polar surface area (TPSA) is 49.3 Å². The molecule has 112 valence electrons. The fraction of sp³-hybridized carbons (Fsp3) is 0.167. The molecule has 0 amide bonds. The van der Waals surface area contributed by atoms with Gasteiger partial charge in [0.05, 0.1) is 0 Å². The van der Waals surface area contributed by atoms with Crippen molar-refractivity contribution in [2.45, 2.75) is 13.0 Å². The van der Waals surface area contributed by atoms with Gasteiger partial charge in [-0.1, -0.05) is 41.9 Å². The normalized spacial score (nSPS) is 13.4. The van der Waals surface area contributed by atoms with Crippen LogP contribution in [-0.4, -0.2) is 18.1 Å². The molecule has 0 unspecified atom stereocenters. The van der Waals surface area contributed by atoms with Crippen molar-refractivity contribution in [3.8, 4) is 0 Å². The third-order valence-corrected chi connectivity index (χ3v) is 4.16. The van der Waals surface area contributed by atoms with Crippen molar-refractivity contribution < 1.29 is 9.90 Å². The average Bonchev–Trinajstić information content (AvgIpc) is 2.87. The molecule has 2 N–H and O–H groups in total. The largest absolute Gasteiger partial charge is 0.478 e. The zero-order chi connectivity index (χ0) is 15.7. The van der Waals surface area contributed by atoms with Crippen LogP contribution in [0.3, 0.4) is 0 Å². The summed E-state index contributed by atoms with van der Waals surface area (Å²) in [6, 6.07) is 13.5. The highest BCUT2D eigenvalue weighted by atomic mass is 35.5. The first-order chi connectivity index (χ1) is 10.6. The molecule has 0 saturated carbocycles. The maximum Gasteiger partial charge on any atom is 0.332 e. The first-order valence-electron chi connectivity index (χ1n) is 7.10. The Labute approximate surface area is 134 Å². The second-order valence-corrected chi connectivity index (χ2v) is 5.76. The molecule has 0 saturated heterocycles. The van der Waals surface area contributed by atoms with E-state index in [1.807, 2.05) is 49.5 Å². The Hall–Kier alpha value is -2.10. The predicted octanol–water partition coefficient (Wildman–Crippen LogP) is 3.50. The maximum atomic E-state index is 11.7. The molecule has 22 heavy (non-hydrogen) atoms. The molecule has 0 heterocycles. The molecule has 4 heteroatoms. The molecule has 1 aliphatic carbocycles. The number of rotatable bonds is 4. The van der Waals surface area contributed by atoms with Gasteiger partial charge in [0.15, 0.2) is 0 Å². The number of carboxylic acids is 1. The second kappa shape index (κ2) is 5.95. The number of hydrogen-bond donors (Lipinski definition) is 2. The van der Waals surface area contributed by atoms with E-state index in [2.05, 4.69) is 5.32 Å². The number of hydrogen-bond acceptors (Lipinski definition) is 2. The van der Waals surface area contributed by atoms with Crippen molar-refractivity contribution in [3.63, 3.8) is 0 Å². The highest BCUT2D eigenvalue weighted by Gasteiger charge is 2.28. The molecule has 1 aliphatic rings. The lowest BCUT2D eigenvalue weighted by molar-refractivity contribution is -0.132. The van der Waals surface area contributed by atoms with E-state index in [0.29, 0.717) is 23.6 Å². The van der Waals surface area contributed by atoms with E-state index in [4.69, 9.17) is 11.6 Å². The Morgan fingerprint density at radius 3 is 2.73 bits per heavy atom. The summed E-state index contributed by atoms with van der Waals surface area (Å²) < 4.78 is 0. The molecule has 3 rings (SSSR count). The van der Waals surface area contributed by atoms with E-state index in [9.17, 15) is 9.90 Å². The van der Waals surface area contributed by atoms with E-state index in [1.54, 1.807) is 0 Å². The van der Waals surface area contributed by atoms with Gasteiger partial charge in [-0.05, 0) is 41.4 Å². The molecule has 0 fully saturated rings. The van der Waals surface area contributed by atoms with Gasteiger partial charge in [-0.3, -0.25) is 0 Å². The van der Waals surface area contributed by atoms with Crippen LogP contribution in [0.15, 0.2) is 48.0 Å². The molecular formula is C18H16ClNO2. The summed E-state index contributed by atoms with van der Waals surface area (Å²) in [6.45, 7) is 0.683. The molecule has 0 spiro atoms. The van der Waals surface area contributed by atoms with Gasteiger partial charge < -0.3 is 10.4 Å². The minimum atomic E-state index is -0.874. The molecular weight excluding hydrogens is 298 g/mol. The summed E-state index contributed by atoms with van der Waals surface area (Å²) in [5.74, 6) is -0.874. The Bertz CT molecular complexity index is 780. The van der Waals surface area contributed by atoms with E-state index < -0.39 is 5.97 Å². The Kier molecular flexibility index (Phi) is 4.01. The lowest BCUT2D eigenvalue weighted by atomic mass is 9.93. The van der Waals surface area contributed by atoms with E-state index in [1.165, 1.54) is 0 Å². The van der Waals surface area contributed by atoms with Crippen molar-refractivity contribution >= 4 is 23.1 Å². The Balaban J connectivity index is 2.24. The third kappa shape index (κ3) is 2.54. The van der Waals surface area contributed by atoms with Crippen LogP contribution in [0.4, 0.5) is 0 Å². The molecule has 0 atom stereocenters. The summed E-state index contributed by atoms with van der Waals surface area (Å²) >= 11 is 6.12. The fourth-order valence-electron chi connectivity index (χ4n) is 2.98. The van der Waals surface area contributed by atoms with Crippen LogP contribution in [-0.2, 0) is 17.8 Å². The highest BCUT2D eigenvalue weighted by Crippen LogP contribution is 2.40. The van der Waals surface area contributed by atoms with Crippen molar-refractivity contribution in [1.82, 2.24) is 5.32 Å². The lowest BCUT2D eigenvalue weighted by Crippen LogP contribution is -2.09. The van der Waals surface area contributed by atoms with Crippen LogP contribution < -0.4 is 5.32 Å². The summed E-state index contributed by atoms with van der Waals surface area (Å²) in [5, 5.41) is 13.4. The van der Waals surface area contributed by atoms with Gasteiger partial charge in [0, 0.05) is 29.1 Å². The Morgan fingerprint density at radius 1 is 1.23 bits per heavy atom. The van der Waals surface area contributed by atoms with Crippen molar-refractivity contribution in [2.75, 3.05) is 7.05 Å². The van der Waals surface area contributed by atoms with E-state index in [-0.39, 0.29) is 0 Å². The van der Waals surface area contributed by atoms with Gasteiger partial charge in [-0.2, -0.15) is 0 Å². The smallest absolute Gasteiger partial charge is 0.332 e. The van der Waals surface area contributed by atoms with Gasteiger partial charge in [-0.15, -0.1) is 0 Å². The van der Waals surface area contributed by atoms with Crippen molar-refractivity contribution in [3.05, 3.63) is 75.3 Å². The SMILES string of the molecule is CNCc1ccccc1C1=C(C(=O)O)Cc2ccc(Cl)cc21. The number of carboxylic acid groups (broad SMARTS) is 1. The van der Waals surface area contributed by atoms with Gasteiger partial charge in [0.2, 0.25) is 0 Å². The third-order valence-electron chi connectivity index (χ3n) is 3.92. The van der Waals surface area contributed by atoms with Gasteiger partial charge in [0.25, 0.3) is 0 Å². The predicted molar refractivity (Wildman–Crippen MR) is 88.0 cm³/mol. The van der Waals surface area contributed by atoms with Crippen LogP contribution in [0.2, 0.25) is 5.02 Å². The van der Waals surface area contributed by atoms with Crippen LogP contribution in [0, 0.1) is 0 Å². The molecule has 0 radical (unpaired) electrons. The van der Waals surface area contributed by atoms with Crippen LogP contribution in [0.5, 0.6) is 0 Å². The summed E-state index contributed by atoms with van der Waals surface area (Å²) in [5.41, 5.74) is 5.18. The molecule has 3 nitrogen and oxygen atoms in total. The molecule has 2 aromatic carbocycles. The number of fused-ring (bicyclic) bond motifs is 1. The monoisotopic (exact) mass is 313 g/mol. The zero-order valence-electron chi connectivity index (χ0n) is 12.2. The first-order valence-corrected chi connectivity index (χ1v) is 7.47. The molecule has 0 aromatic heterocycles. The minimum Gasteiger partial charge on any atom is -0.478 e. The van der Waals surface area contributed by atoms with E-state index >= 15 is 0 Å². The quantitative estimate of drug-likeness (QED) is 0.908. The number of benzene rings is 2. The number of aliphatic carboxylic acids is 1. The lowest BCUT2D eigenvalue weighted by Gasteiger charge is -2.13. The average molecular weight is 314 g/mol. The number of halogens is 1. The first kappa shape index (κ1) is 14.8. The van der Waals surface area contributed by atoms with E-state index in [0.717, 1.165) is 27.8 Å². The number of nitrogens with one attached hydrogen (secondary N) is 1. The highest BCUT2D eigenvalue weighted by molar-refractivity contribution is 6.31. The van der Waals surface area contributed by atoms with Crippen LogP contribution in [0.1, 0.15) is 22.3 Å². The van der Waals surface area contributed by atoms with Crippen molar-refractivity contribution in [2.24, 2.45) is 0 Å². The van der Waals surface area contributed by atoms with Gasteiger partial charge in [-0.25, -0.2) is 4.79 Å². The molecule has 2 aromatic rings. The summed E-state index contributed by atoms with van der Waals surface area (Å²) in [7, 11) is 1.88.